The zero-order valence-electron chi connectivity index (χ0n) is 23.0. The number of benzene rings is 3. The number of carbonyl (C=O) groups is 1. The van der Waals surface area contributed by atoms with E-state index >= 15 is 0 Å². The molecule has 7 heteroatoms. The van der Waals surface area contributed by atoms with Crippen LogP contribution in [0.2, 0.25) is 0 Å². The number of nitrogens with zero attached hydrogens (tertiary/aromatic N) is 1. The summed E-state index contributed by atoms with van der Waals surface area (Å²) in [4.78, 5) is 20.7. The maximum atomic E-state index is 14.5. The quantitative estimate of drug-likeness (QED) is 0.258. The van der Waals surface area contributed by atoms with Crippen LogP contribution in [0.25, 0.3) is 10.9 Å². The predicted octanol–water partition coefficient (Wildman–Crippen LogP) is 5.91. The first-order chi connectivity index (χ1) is 19.6. The first kappa shape index (κ1) is 26.7. The van der Waals surface area contributed by atoms with Gasteiger partial charge in [0.2, 0.25) is 0 Å². The third kappa shape index (κ3) is 4.93. The van der Waals surface area contributed by atoms with Crippen LogP contribution in [0.4, 0.5) is 0 Å². The van der Waals surface area contributed by atoms with E-state index in [1.807, 2.05) is 48.5 Å². The largest absolute Gasteiger partial charge is 0.493 e. The normalized spacial score (nSPS) is 18.1. The Kier molecular flexibility index (Phi) is 7.67. The molecule has 3 aromatic carbocycles. The summed E-state index contributed by atoms with van der Waals surface area (Å²) in [6.45, 7) is 0.832. The molecule has 2 aliphatic rings. The molecule has 2 heterocycles. The van der Waals surface area contributed by atoms with E-state index in [4.69, 9.17) is 19.2 Å². The topological polar surface area (TPSA) is 69.7 Å². The van der Waals surface area contributed by atoms with Crippen LogP contribution in [0.15, 0.2) is 71.6 Å². The van der Waals surface area contributed by atoms with Gasteiger partial charge in [-0.3, -0.25) is 15.1 Å². The Morgan fingerprint density at radius 2 is 1.70 bits per heavy atom. The van der Waals surface area contributed by atoms with Crippen LogP contribution in [-0.2, 0) is 29.6 Å². The van der Waals surface area contributed by atoms with Crippen molar-refractivity contribution < 1.29 is 19.0 Å². The number of thioether (sulfide) groups is 1. The molecule has 6 nitrogen and oxygen atoms in total. The number of hydrogen-bond acceptors (Lipinski definition) is 7. The summed E-state index contributed by atoms with van der Waals surface area (Å²) in [7, 11) is 3.26. The lowest BCUT2D eigenvalue weighted by Gasteiger charge is -2.39. The molecule has 206 valence electrons. The summed E-state index contributed by atoms with van der Waals surface area (Å²) in [5.41, 5.74) is 4.41. The molecule has 0 bridgehead atoms. The Hall–Kier alpha value is -3.55. The highest BCUT2D eigenvalue weighted by molar-refractivity contribution is 8.00. The van der Waals surface area contributed by atoms with Gasteiger partial charge in [-0.1, -0.05) is 36.4 Å². The third-order valence-electron chi connectivity index (χ3n) is 8.03. The minimum absolute atomic E-state index is 0.0760. The van der Waals surface area contributed by atoms with Crippen LogP contribution in [-0.4, -0.2) is 43.9 Å². The van der Waals surface area contributed by atoms with Gasteiger partial charge in [-0.25, -0.2) is 0 Å². The monoisotopic (exact) mass is 554 g/mol. The molecule has 0 radical (unpaired) electrons. The van der Waals surface area contributed by atoms with E-state index < -0.39 is 5.54 Å². The molecule has 1 N–H and O–H groups in total. The Balaban J connectivity index is 1.39. The number of methoxy groups -OCH3 is 2. The molecule has 0 amide bonds. The van der Waals surface area contributed by atoms with Crippen molar-refractivity contribution in [3.63, 3.8) is 0 Å². The van der Waals surface area contributed by atoms with E-state index in [-0.39, 0.29) is 12.4 Å². The third-order valence-corrected chi connectivity index (χ3v) is 9.19. The predicted molar refractivity (Wildman–Crippen MR) is 159 cm³/mol. The molecule has 0 saturated carbocycles. The second kappa shape index (κ2) is 11.5. The van der Waals surface area contributed by atoms with Gasteiger partial charge in [0.1, 0.15) is 17.9 Å². The molecular formula is C33H34N2O4S. The Morgan fingerprint density at radius 1 is 0.950 bits per heavy atom. The fourth-order valence-electron chi connectivity index (χ4n) is 5.95. The smallest absolute Gasteiger partial charge is 0.171 e. The molecule has 1 aliphatic carbocycles. The number of hydrogen-bond donors (Lipinski definition) is 1. The molecule has 1 aromatic heterocycles. The zero-order chi connectivity index (χ0) is 27.5. The molecule has 1 atom stereocenters. The number of fused-ring (bicyclic) bond motifs is 3. The van der Waals surface area contributed by atoms with Crippen LogP contribution >= 0.6 is 11.8 Å². The standard InChI is InChI=1S/C33H34N2O4S/c1-37-29-18-22-16-17-34-33(26(22)19-30(29)38-2,21-39-23-10-4-3-5-11-23)31(36)20-40-32-24-12-6-8-14-27(24)35-28-15-9-7-13-25(28)32/h3-6,8,10-12,14,18-19,34H,7,9,13,15-17,20-21H2,1-2H3. The van der Waals surface area contributed by atoms with Crippen LogP contribution in [0.5, 0.6) is 17.2 Å². The van der Waals surface area contributed by atoms with Crippen LogP contribution < -0.4 is 19.5 Å². The Labute approximate surface area is 239 Å². The van der Waals surface area contributed by atoms with E-state index in [1.54, 1.807) is 26.0 Å². The number of nitrogens with one attached hydrogen (secondary N) is 1. The second-order valence-corrected chi connectivity index (χ2v) is 11.3. The van der Waals surface area contributed by atoms with Gasteiger partial charge in [-0.05, 0) is 79.1 Å². The van der Waals surface area contributed by atoms with E-state index in [9.17, 15) is 4.79 Å². The Bertz CT molecular complexity index is 1540. The van der Waals surface area contributed by atoms with Crippen LogP contribution in [0.1, 0.15) is 35.2 Å². The number of para-hydroxylation sites is 2. The minimum atomic E-state index is -1.03. The highest BCUT2D eigenvalue weighted by Gasteiger charge is 2.45. The lowest BCUT2D eigenvalue weighted by atomic mass is 9.79. The minimum Gasteiger partial charge on any atom is -0.493 e. The van der Waals surface area contributed by atoms with Crippen LogP contribution in [0, 0.1) is 0 Å². The van der Waals surface area contributed by atoms with Crippen molar-refractivity contribution in [2.45, 2.75) is 42.5 Å². The molecule has 0 spiro atoms. The van der Waals surface area contributed by atoms with Crippen molar-refractivity contribution in [1.82, 2.24) is 10.3 Å². The van der Waals surface area contributed by atoms with E-state index in [1.165, 1.54) is 16.2 Å². The number of pyridine rings is 1. The van der Waals surface area contributed by atoms with E-state index in [2.05, 4.69) is 23.5 Å². The Morgan fingerprint density at radius 3 is 2.52 bits per heavy atom. The first-order valence-electron chi connectivity index (χ1n) is 13.9. The maximum Gasteiger partial charge on any atom is 0.171 e. The van der Waals surface area contributed by atoms with Crippen molar-refractivity contribution in [2.75, 3.05) is 33.1 Å². The molecule has 4 aromatic rings. The number of aromatic nitrogens is 1. The van der Waals surface area contributed by atoms with E-state index in [0.717, 1.165) is 59.9 Å². The van der Waals surface area contributed by atoms with Crippen molar-refractivity contribution >= 4 is 28.4 Å². The van der Waals surface area contributed by atoms with E-state index in [0.29, 0.717) is 23.8 Å². The molecule has 6 rings (SSSR count). The number of ether oxygens (including phenoxy) is 3. The molecule has 0 fully saturated rings. The lowest BCUT2D eigenvalue weighted by molar-refractivity contribution is -0.124. The molecule has 1 aliphatic heterocycles. The lowest BCUT2D eigenvalue weighted by Crippen LogP contribution is -2.57. The van der Waals surface area contributed by atoms with Gasteiger partial charge in [0.15, 0.2) is 17.3 Å². The zero-order valence-corrected chi connectivity index (χ0v) is 23.8. The van der Waals surface area contributed by atoms with Gasteiger partial charge in [0.05, 0.1) is 25.5 Å². The summed E-state index contributed by atoms with van der Waals surface area (Å²) in [5, 5.41) is 4.71. The van der Waals surface area contributed by atoms with Crippen molar-refractivity contribution in [3.05, 3.63) is 89.1 Å². The number of carbonyl (C=O) groups excluding carboxylic acids is 1. The summed E-state index contributed by atoms with van der Waals surface area (Å²) in [6, 6.07) is 21.9. The van der Waals surface area contributed by atoms with Gasteiger partial charge in [-0.15, -0.1) is 11.8 Å². The van der Waals surface area contributed by atoms with Gasteiger partial charge < -0.3 is 14.2 Å². The van der Waals surface area contributed by atoms with Crippen molar-refractivity contribution in [1.29, 1.82) is 0 Å². The SMILES string of the molecule is COc1cc2c(cc1OC)C(COc1ccccc1)(C(=O)CSc1c3c(nc4ccccc14)CCCC3)NCC2. The molecule has 0 saturated heterocycles. The first-order valence-corrected chi connectivity index (χ1v) is 14.9. The van der Waals surface area contributed by atoms with Crippen molar-refractivity contribution in [2.24, 2.45) is 0 Å². The summed E-state index contributed by atoms with van der Waals surface area (Å²) in [5.74, 6) is 2.37. The highest BCUT2D eigenvalue weighted by Crippen LogP contribution is 2.41. The van der Waals surface area contributed by atoms with Gasteiger partial charge >= 0.3 is 0 Å². The van der Waals surface area contributed by atoms with Gasteiger partial charge in [0.25, 0.3) is 0 Å². The second-order valence-electron chi connectivity index (χ2n) is 10.4. The fraction of sp³-hybridized carbons (Fsp3) is 0.333. The highest BCUT2D eigenvalue weighted by atomic mass is 32.2. The summed E-state index contributed by atoms with van der Waals surface area (Å²) >= 11 is 1.64. The number of rotatable bonds is 9. The number of ketones is 1. The van der Waals surface area contributed by atoms with Crippen LogP contribution in [0.3, 0.4) is 0 Å². The maximum absolute atomic E-state index is 14.5. The molecule has 40 heavy (non-hydrogen) atoms. The number of Topliss-reactive ketones (excluding diaryl/α,β-unsaturated/α-hetero) is 1. The molecular weight excluding hydrogens is 520 g/mol. The molecule has 1 unspecified atom stereocenters. The fourth-order valence-corrected chi connectivity index (χ4v) is 7.20. The summed E-state index contributed by atoms with van der Waals surface area (Å²) < 4.78 is 17.5. The average Bonchev–Trinajstić information content (AvgIpc) is 3.01. The number of aryl methyl sites for hydroxylation is 1. The van der Waals surface area contributed by atoms with Gasteiger partial charge in [0, 0.05) is 22.5 Å². The summed E-state index contributed by atoms with van der Waals surface area (Å²) in [6.07, 6.45) is 5.09. The van der Waals surface area contributed by atoms with Crippen molar-refractivity contribution in [3.8, 4) is 17.2 Å². The van der Waals surface area contributed by atoms with Gasteiger partial charge in [-0.2, -0.15) is 0 Å². The average molecular weight is 555 g/mol.